The van der Waals surface area contributed by atoms with Gasteiger partial charge in [-0.15, -0.1) is 11.3 Å². The number of thiazole rings is 1. The molecule has 2 rings (SSSR count). The van der Waals surface area contributed by atoms with E-state index in [4.69, 9.17) is 9.47 Å². The van der Waals surface area contributed by atoms with Crippen molar-refractivity contribution in [2.75, 3.05) is 18.5 Å². The minimum absolute atomic E-state index is 0.0581. The van der Waals surface area contributed by atoms with Crippen molar-refractivity contribution >= 4 is 28.6 Å². The van der Waals surface area contributed by atoms with Gasteiger partial charge in [-0.25, -0.2) is 4.98 Å². The molecule has 2 aromatic rings. The van der Waals surface area contributed by atoms with Crippen molar-refractivity contribution in [3.63, 3.8) is 0 Å². The molecule has 0 aliphatic heterocycles. The molecule has 1 N–H and O–H groups in total. The summed E-state index contributed by atoms with van der Waals surface area (Å²) in [6, 6.07) is 2.73. The van der Waals surface area contributed by atoms with Crippen LogP contribution in [-0.4, -0.2) is 29.0 Å². The van der Waals surface area contributed by atoms with Gasteiger partial charge in [0.15, 0.2) is 11.5 Å². The number of carbonyl (C=O) groups is 1. The Kier molecular flexibility index (Phi) is 6.90. The molecule has 0 radical (unpaired) electrons. The van der Waals surface area contributed by atoms with E-state index >= 15 is 0 Å². The van der Waals surface area contributed by atoms with Crippen LogP contribution < -0.4 is 14.8 Å². The standard InChI is InChI=1S/C17H21N3O5S/c1-4-6-24-14-8-12(19-17(21)16-11(3)18-10-26-16)13(20(22)23)9-15(14)25-7-5-2/h8-10H,4-7H2,1-3H3,(H,19,21). The van der Waals surface area contributed by atoms with Crippen LogP contribution in [0, 0.1) is 17.0 Å². The fraction of sp³-hybridized carbons (Fsp3) is 0.412. The number of nitro groups is 1. The molecule has 9 heteroatoms. The predicted molar refractivity (Wildman–Crippen MR) is 99.5 cm³/mol. The van der Waals surface area contributed by atoms with Crippen LogP contribution in [0.4, 0.5) is 11.4 Å². The molecule has 0 spiro atoms. The lowest BCUT2D eigenvalue weighted by atomic mass is 10.2. The average molecular weight is 379 g/mol. The van der Waals surface area contributed by atoms with Crippen LogP contribution in [0.3, 0.4) is 0 Å². The van der Waals surface area contributed by atoms with Crippen LogP contribution in [-0.2, 0) is 0 Å². The Balaban J connectivity index is 2.40. The van der Waals surface area contributed by atoms with Gasteiger partial charge >= 0.3 is 0 Å². The second-order valence-corrected chi connectivity index (χ2v) is 6.35. The second kappa shape index (κ2) is 9.14. The van der Waals surface area contributed by atoms with E-state index < -0.39 is 10.8 Å². The zero-order chi connectivity index (χ0) is 19.1. The fourth-order valence-corrected chi connectivity index (χ4v) is 2.85. The summed E-state index contributed by atoms with van der Waals surface area (Å²) in [6.45, 7) is 6.44. The Labute approximate surface area is 155 Å². The van der Waals surface area contributed by atoms with Crippen LogP contribution in [0.25, 0.3) is 0 Å². The van der Waals surface area contributed by atoms with E-state index in [0.29, 0.717) is 35.3 Å². The zero-order valence-electron chi connectivity index (χ0n) is 14.9. The zero-order valence-corrected chi connectivity index (χ0v) is 15.7. The van der Waals surface area contributed by atoms with Gasteiger partial charge in [0, 0.05) is 6.07 Å². The highest BCUT2D eigenvalue weighted by Crippen LogP contribution is 2.38. The summed E-state index contributed by atoms with van der Waals surface area (Å²) >= 11 is 1.17. The van der Waals surface area contributed by atoms with Crippen molar-refractivity contribution in [2.24, 2.45) is 0 Å². The summed E-state index contributed by atoms with van der Waals surface area (Å²) < 4.78 is 11.2. The predicted octanol–water partition coefficient (Wildman–Crippen LogP) is 4.19. The van der Waals surface area contributed by atoms with E-state index in [9.17, 15) is 14.9 Å². The number of nitrogens with one attached hydrogen (secondary N) is 1. The van der Waals surface area contributed by atoms with Gasteiger partial charge < -0.3 is 14.8 Å². The van der Waals surface area contributed by atoms with Crippen LogP contribution in [0.15, 0.2) is 17.6 Å². The molecule has 26 heavy (non-hydrogen) atoms. The average Bonchev–Trinajstić information content (AvgIpc) is 3.04. The first kappa shape index (κ1) is 19.6. The molecule has 0 aliphatic rings. The van der Waals surface area contributed by atoms with Crippen molar-refractivity contribution in [3.8, 4) is 11.5 Å². The molecule has 1 amide bonds. The first-order valence-electron chi connectivity index (χ1n) is 8.27. The van der Waals surface area contributed by atoms with Crippen molar-refractivity contribution in [2.45, 2.75) is 33.6 Å². The molecule has 0 aliphatic carbocycles. The highest BCUT2D eigenvalue weighted by Gasteiger charge is 2.23. The van der Waals surface area contributed by atoms with E-state index in [1.54, 1.807) is 12.4 Å². The number of ether oxygens (including phenoxy) is 2. The maximum Gasteiger partial charge on any atom is 0.296 e. The molecule has 1 aromatic heterocycles. The first-order chi connectivity index (χ1) is 12.5. The molecule has 0 saturated heterocycles. The van der Waals surface area contributed by atoms with Gasteiger partial charge in [-0.3, -0.25) is 14.9 Å². The van der Waals surface area contributed by atoms with Crippen molar-refractivity contribution in [1.29, 1.82) is 0 Å². The highest BCUT2D eigenvalue weighted by molar-refractivity contribution is 7.12. The largest absolute Gasteiger partial charge is 0.490 e. The Hall–Kier alpha value is -2.68. The lowest BCUT2D eigenvalue weighted by Gasteiger charge is -2.14. The SMILES string of the molecule is CCCOc1cc(NC(=O)c2scnc2C)c([N+](=O)[O-])cc1OCCC. The number of rotatable bonds is 9. The van der Waals surface area contributed by atoms with E-state index in [0.717, 1.165) is 12.8 Å². The second-order valence-electron chi connectivity index (χ2n) is 5.49. The van der Waals surface area contributed by atoms with Crippen LogP contribution in [0.1, 0.15) is 42.1 Å². The number of carbonyl (C=O) groups excluding carboxylic acids is 1. The molecule has 0 fully saturated rings. The summed E-state index contributed by atoms with van der Waals surface area (Å²) in [5.41, 5.74) is 1.93. The molecule has 0 atom stereocenters. The molecular formula is C17H21N3O5S. The normalized spacial score (nSPS) is 10.4. The quantitative estimate of drug-likeness (QED) is 0.517. The smallest absolute Gasteiger partial charge is 0.296 e. The third-order valence-electron chi connectivity index (χ3n) is 3.38. The van der Waals surface area contributed by atoms with Gasteiger partial charge in [0.1, 0.15) is 10.6 Å². The topological polar surface area (TPSA) is 104 Å². The van der Waals surface area contributed by atoms with Gasteiger partial charge in [-0.05, 0) is 19.8 Å². The molecule has 1 heterocycles. The lowest BCUT2D eigenvalue weighted by molar-refractivity contribution is -0.384. The van der Waals surface area contributed by atoms with Crippen LogP contribution in [0.2, 0.25) is 0 Å². The van der Waals surface area contributed by atoms with Gasteiger partial charge in [-0.1, -0.05) is 13.8 Å². The van der Waals surface area contributed by atoms with Crippen LogP contribution in [0.5, 0.6) is 11.5 Å². The van der Waals surface area contributed by atoms with Crippen molar-refractivity contribution in [3.05, 3.63) is 38.3 Å². The third kappa shape index (κ3) is 4.69. The Morgan fingerprint density at radius 3 is 2.35 bits per heavy atom. The number of hydrogen-bond donors (Lipinski definition) is 1. The maximum absolute atomic E-state index is 12.4. The number of nitrogens with zero attached hydrogens (tertiary/aromatic N) is 2. The van der Waals surface area contributed by atoms with Gasteiger partial charge in [0.05, 0.1) is 35.4 Å². The Bertz CT molecular complexity index is 791. The molecule has 140 valence electrons. The molecular weight excluding hydrogens is 358 g/mol. The van der Waals surface area contributed by atoms with E-state index in [1.165, 1.54) is 23.5 Å². The number of nitro benzene ring substituents is 1. The molecule has 0 unspecified atom stereocenters. The maximum atomic E-state index is 12.4. The molecule has 0 bridgehead atoms. The molecule has 0 saturated carbocycles. The fourth-order valence-electron chi connectivity index (χ4n) is 2.15. The Morgan fingerprint density at radius 2 is 1.85 bits per heavy atom. The number of aryl methyl sites for hydroxylation is 1. The highest BCUT2D eigenvalue weighted by atomic mass is 32.1. The van der Waals surface area contributed by atoms with E-state index in [-0.39, 0.29) is 11.4 Å². The number of anilines is 1. The summed E-state index contributed by atoms with van der Waals surface area (Å²) in [7, 11) is 0. The van der Waals surface area contributed by atoms with Gasteiger partial charge in [0.25, 0.3) is 11.6 Å². The van der Waals surface area contributed by atoms with Crippen LogP contribution >= 0.6 is 11.3 Å². The van der Waals surface area contributed by atoms with E-state index in [1.807, 2.05) is 13.8 Å². The molecule has 1 aromatic carbocycles. The first-order valence-corrected chi connectivity index (χ1v) is 9.15. The lowest BCUT2D eigenvalue weighted by Crippen LogP contribution is -2.13. The molecule has 8 nitrogen and oxygen atoms in total. The Morgan fingerprint density at radius 1 is 1.23 bits per heavy atom. The number of amides is 1. The minimum Gasteiger partial charge on any atom is -0.490 e. The summed E-state index contributed by atoms with van der Waals surface area (Å²) in [5, 5.41) is 14.0. The summed E-state index contributed by atoms with van der Waals surface area (Å²) in [6.07, 6.45) is 1.52. The van der Waals surface area contributed by atoms with E-state index in [2.05, 4.69) is 10.3 Å². The monoisotopic (exact) mass is 379 g/mol. The minimum atomic E-state index is -0.558. The number of aromatic nitrogens is 1. The van der Waals surface area contributed by atoms with Gasteiger partial charge in [-0.2, -0.15) is 0 Å². The van der Waals surface area contributed by atoms with Gasteiger partial charge in [0.2, 0.25) is 0 Å². The number of hydrogen-bond acceptors (Lipinski definition) is 7. The van der Waals surface area contributed by atoms with Crippen molar-refractivity contribution < 1.29 is 19.2 Å². The number of benzene rings is 1. The summed E-state index contributed by atoms with van der Waals surface area (Å²) in [5.74, 6) is 0.206. The third-order valence-corrected chi connectivity index (χ3v) is 4.31. The van der Waals surface area contributed by atoms with Crippen molar-refractivity contribution in [1.82, 2.24) is 4.98 Å². The summed E-state index contributed by atoms with van der Waals surface area (Å²) in [4.78, 5) is 27.7.